The SMILES string of the molecule is CC(C)C1CC(NCc2ccccc2)CN(C2CC2)C1. The predicted molar refractivity (Wildman–Crippen MR) is 84.6 cm³/mol. The third kappa shape index (κ3) is 3.62. The van der Waals surface area contributed by atoms with Gasteiger partial charge in [-0.3, -0.25) is 4.90 Å². The van der Waals surface area contributed by atoms with Gasteiger partial charge in [0.05, 0.1) is 0 Å². The van der Waals surface area contributed by atoms with Crippen molar-refractivity contribution >= 4 is 0 Å². The van der Waals surface area contributed by atoms with E-state index in [1.165, 1.54) is 37.9 Å². The van der Waals surface area contributed by atoms with Crippen LogP contribution >= 0.6 is 0 Å². The number of likely N-dealkylation sites (tertiary alicyclic amines) is 1. The van der Waals surface area contributed by atoms with Crippen molar-refractivity contribution in [1.82, 2.24) is 10.2 Å². The van der Waals surface area contributed by atoms with Crippen LogP contribution in [0.1, 0.15) is 38.7 Å². The maximum atomic E-state index is 3.79. The third-order valence-electron chi connectivity index (χ3n) is 4.95. The van der Waals surface area contributed by atoms with Gasteiger partial charge in [-0.1, -0.05) is 44.2 Å². The highest BCUT2D eigenvalue weighted by Gasteiger charge is 2.36. The van der Waals surface area contributed by atoms with E-state index in [2.05, 4.69) is 54.4 Å². The van der Waals surface area contributed by atoms with E-state index >= 15 is 0 Å². The molecule has 1 aliphatic heterocycles. The van der Waals surface area contributed by atoms with E-state index in [-0.39, 0.29) is 0 Å². The molecule has 0 radical (unpaired) electrons. The van der Waals surface area contributed by atoms with Gasteiger partial charge in [0.25, 0.3) is 0 Å². The fourth-order valence-corrected chi connectivity index (χ4v) is 3.40. The standard InChI is InChI=1S/C18H28N2/c1-14(2)16-10-17(13-20(12-16)18-8-9-18)19-11-15-6-4-3-5-7-15/h3-7,14,16-19H,8-13H2,1-2H3. The van der Waals surface area contributed by atoms with E-state index in [0.29, 0.717) is 6.04 Å². The molecule has 20 heavy (non-hydrogen) atoms. The summed E-state index contributed by atoms with van der Waals surface area (Å²) in [6, 6.07) is 12.3. The summed E-state index contributed by atoms with van der Waals surface area (Å²) in [6.07, 6.45) is 4.19. The summed E-state index contributed by atoms with van der Waals surface area (Å²) in [6.45, 7) is 8.35. The number of rotatable bonds is 5. The molecule has 0 bridgehead atoms. The van der Waals surface area contributed by atoms with E-state index in [4.69, 9.17) is 0 Å². The van der Waals surface area contributed by atoms with E-state index in [1.54, 1.807) is 0 Å². The lowest BCUT2D eigenvalue weighted by Gasteiger charge is -2.40. The van der Waals surface area contributed by atoms with Crippen LogP contribution in [0.2, 0.25) is 0 Å². The van der Waals surface area contributed by atoms with Gasteiger partial charge in [0.15, 0.2) is 0 Å². The maximum absolute atomic E-state index is 3.79. The molecule has 2 fully saturated rings. The Kier molecular flexibility index (Phi) is 4.42. The zero-order valence-electron chi connectivity index (χ0n) is 12.9. The molecule has 0 spiro atoms. The molecule has 1 N–H and O–H groups in total. The molecule has 1 saturated carbocycles. The van der Waals surface area contributed by atoms with E-state index < -0.39 is 0 Å². The zero-order valence-corrected chi connectivity index (χ0v) is 12.9. The van der Waals surface area contributed by atoms with Gasteiger partial charge in [-0.25, -0.2) is 0 Å². The fraction of sp³-hybridized carbons (Fsp3) is 0.667. The number of hydrogen-bond donors (Lipinski definition) is 1. The molecule has 2 atom stereocenters. The first kappa shape index (κ1) is 14.1. The molecule has 110 valence electrons. The summed E-state index contributed by atoms with van der Waals surface area (Å²) < 4.78 is 0. The molecule has 2 aliphatic rings. The molecule has 1 aliphatic carbocycles. The van der Waals surface area contributed by atoms with Crippen LogP contribution in [-0.4, -0.2) is 30.1 Å². The highest BCUT2D eigenvalue weighted by atomic mass is 15.2. The number of nitrogens with zero attached hydrogens (tertiary/aromatic N) is 1. The Hall–Kier alpha value is -0.860. The van der Waals surface area contributed by atoms with Gasteiger partial charge in [-0.2, -0.15) is 0 Å². The van der Waals surface area contributed by atoms with Crippen molar-refractivity contribution in [3.8, 4) is 0 Å². The minimum Gasteiger partial charge on any atom is -0.309 e. The molecule has 0 aromatic heterocycles. The number of piperidine rings is 1. The second kappa shape index (κ2) is 6.28. The monoisotopic (exact) mass is 272 g/mol. The van der Waals surface area contributed by atoms with Crippen LogP contribution in [0.15, 0.2) is 30.3 Å². The van der Waals surface area contributed by atoms with Gasteiger partial charge in [-0.05, 0) is 36.7 Å². The highest BCUT2D eigenvalue weighted by molar-refractivity contribution is 5.14. The minimum absolute atomic E-state index is 0.664. The van der Waals surface area contributed by atoms with Gasteiger partial charge < -0.3 is 5.32 Å². The van der Waals surface area contributed by atoms with Crippen LogP contribution in [-0.2, 0) is 6.54 Å². The smallest absolute Gasteiger partial charge is 0.0208 e. The predicted octanol–water partition coefficient (Wildman–Crippen LogP) is 3.29. The van der Waals surface area contributed by atoms with Crippen molar-refractivity contribution in [2.75, 3.05) is 13.1 Å². The lowest BCUT2D eigenvalue weighted by molar-refractivity contribution is 0.109. The molecule has 2 unspecified atom stereocenters. The van der Waals surface area contributed by atoms with E-state index in [0.717, 1.165) is 24.4 Å². The molecular formula is C18H28N2. The second-order valence-corrected chi connectivity index (χ2v) is 6.99. The first-order valence-electron chi connectivity index (χ1n) is 8.23. The Morgan fingerprint density at radius 3 is 2.55 bits per heavy atom. The van der Waals surface area contributed by atoms with Crippen LogP contribution in [0.3, 0.4) is 0 Å². The Balaban J connectivity index is 1.56. The lowest BCUT2D eigenvalue weighted by atomic mass is 9.85. The molecule has 2 heteroatoms. The summed E-state index contributed by atoms with van der Waals surface area (Å²) in [7, 11) is 0. The molecule has 3 rings (SSSR count). The zero-order chi connectivity index (χ0) is 13.9. The Morgan fingerprint density at radius 1 is 1.15 bits per heavy atom. The normalized spacial score (nSPS) is 27.9. The number of nitrogens with one attached hydrogen (secondary N) is 1. The summed E-state index contributed by atoms with van der Waals surface area (Å²) in [5.74, 6) is 1.66. The highest BCUT2D eigenvalue weighted by Crippen LogP contribution is 2.33. The maximum Gasteiger partial charge on any atom is 0.0208 e. The number of hydrogen-bond acceptors (Lipinski definition) is 2. The van der Waals surface area contributed by atoms with Crippen LogP contribution in [0.4, 0.5) is 0 Å². The van der Waals surface area contributed by atoms with Crippen molar-refractivity contribution in [2.24, 2.45) is 11.8 Å². The summed E-state index contributed by atoms with van der Waals surface area (Å²) in [4.78, 5) is 2.75. The van der Waals surface area contributed by atoms with Crippen molar-refractivity contribution in [3.05, 3.63) is 35.9 Å². The molecule has 1 aromatic rings. The summed E-state index contributed by atoms with van der Waals surface area (Å²) in [5.41, 5.74) is 1.40. The quantitative estimate of drug-likeness (QED) is 0.885. The Morgan fingerprint density at radius 2 is 1.90 bits per heavy atom. The van der Waals surface area contributed by atoms with Gasteiger partial charge in [-0.15, -0.1) is 0 Å². The van der Waals surface area contributed by atoms with Crippen molar-refractivity contribution < 1.29 is 0 Å². The molecule has 1 heterocycles. The topological polar surface area (TPSA) is 15.3 Å². The fourth-order valence-electron chi connectivity index (χ4n) is 3.40. The molecule has 2 nitrogen and oxygen atoms in total. The summed E-state index contributed by atoms with van der Waals surface area (Å²) in [5, 5.41) is 3.79. The molecule has 1 aromatic carbocycles. The number of benzene rings is 1. The lowest BCUT2D eigenvalue weighted by Crippen LogP contribution is -2.50. The first-order chi connectivity index (χ1) is 9.72. The van der Waals surface area contributed by atoms with Gasteiger partial charge in [0, 0.05) is 31.7 Å². The van der Waals surface area contributed by atoms with Gasteiger partial charge >= 0.3 is 0 Å². The van der Waals surface area contributed by atoms with Crippen molar-refractivity contribution in [2.45, 2.75) is 51.7 Å². The minimum atomic E-state index is 0.664. The second-order valence-electron chi connectivity index (χ2n) is 6.99. The Labute approximate surface area is 123 Å². The Bertz CT molecular complexity index is 401. The molecule has 1 saturated heterocycles. The first-order valence-corrected chi connectivity index (χ1v) is 8.23. The van der Waals surface area contributed by atoms with Crippen LogP contribution in [0, 0.1) is 11.8 Å². The van der Waals surface area contributed by atoms with Gasteiger partial charge in [0.1, 0.15) is 0 Å². The molecule has 0 amide bonds. The summed E-state index contributed by atoms with van der Waals surface area (Å²) >= 11 is 0. The van der Waals surface area contributed by atoms with Crippen molar-refractivity contribution in [1.29, 1.82) is 0 Å². The average Bonchev–Trinajstić information content (AvgIpc) is 3.30. The van der Waals surface area contributed by atoms with E-state index in [9.17, 15) is 0 Å². The average molecular weight is 272 g/mol. The van der Waals surface area contributed by atoms with Crippen LogP contribution < -0.4 is 5.32 Å². The van der Waals surface area contributed by atoms with Crippen LogP contribution in [0.25, 0.3) is 0 Å². The third-order valence-corrected chi connectivity index (χ3v) is 4.95. The molecular weight excluding hydrogens is 244 g/mol. The van der Waals surface area contributed by atoms with Crippen molar-refractivity contribution in [3.63, 3.8) is 0 Å². The van der Waals surface area contributed by atoms with Crippen LogP contribution in [0.5, 0.6) is 0 Å². The van der Waals surface area contributed by atoms with Gasteiger partial charge in [0.2, 0.25) is 0 Å². The largest absolute Gasteiger partial charge is 0.309 e. The van der Waals surface area contributed by atoms with E-state index in [1.807, 2.05) is 0 Å².